The van der Waals surface area contributed by atoms with Crippen LogP contribution < -0.4 is 14.8 Å². The molecule has 2 aliphatic heterocycles. The van der Waals surface area contributed by atoms with Gasteiger partial charge >= 0.3 is 0 Å². The highest BCUT2D eigenvalue weighted by atomic mass is 16.7. The second kappa shape index (κ2) is 9.95. The zero-order chi connectivity index (χ0) is 24.4. The van der Waals surface area contributed by atoms with Crippen molar-refractivity contribution in [2.24, 2.45) is 0 Å². The standard InChI is InChI=1S/C24H28N4O7/c29-23(25-16-5-2-1-3-6-16)22(17-13-20-21(35-15-34-20)14-18(17)28(31)32)26-8-10-27(11-9-26)24(30)19-7-4-12-33-19/h4,7,12-14,16,22H,1-3,5-6,8-11,15H2,(H,25,29)/t22-/m1/s1. The summed E-state index contributed by atoms with van der Waals surface area (Å²) >= 11 is 0. The third kappa shape index (κ3) is 4.81. The van der Waals surface area contributed by atoms with Gasteiger partial charge in [-0.1, -0.05) is 19.3 Å². The summed E-state index contributed by atoms with van der Waals surface area (Å²) in [6, 6.07) is 5.31. The Labute approximate surface area is 202 Å². The highest BCUT2D eigenvalue weighted by Gasteiger charge is 2.38. The van der Waals surface area contributed by atoms with Crippen molar-refractivity contribution in [3.8, 4) is 11.5 Å². The Morgan fingerprint density at radius 1 is 1.06 bits per heavy atom. The van der Waals surface area contributed by atoms with Crippen molar-refractivity contribution < 1.29 is 28.4 Å². The second-order valence-electron chi connectivity index (χ2n) is 9.07. The summed E-state index contributed by atoms with van der Waals surface area (Å²) in [5.74, 6) is 0.446. The third-order valence-electron chi connectivity index (χ3n) is 6.91. The largest absolute Gasteiger partial charge is 0.459 e. The SMILES string of the molecule is O=C(NC1CCCCC1)[C@@H](c1cc2c(cc1[N+](=O)[O-])OCO2)N1CCN(C(=O)c2ccco2)CC1. The zero-order valence-electron chi connectivity index (χ0n) is 19.3. The molecule has 1 N–H and O–H groups in total. The van der Waals surface area contributed by atoms with E-state index in [1.54, 1.807) is 23.1 Å². The third-order valence-corrected chi connectivity index (χ3v) is 6.91. The van der Waals surface area contributed by atoms with Crippen LogP contribution in [0.2, 0.25) is 0 Å². The predicted octanol–water partition coefficient (Wildman–Crippen LogP) is 2.86. The monoisotopic (exact) mass is 484 g/mol. The summed E-state index contributed by atoms with van der Waals surface area (Å²) < 4.78 is 16.0. The number of nitro benzene ring substituents is 1. The van der Waals surface area contributed by atoms with Crippen molar-refractivity contribution in [2.75, 3.05) is 33.0 Å². The van der Waals surface area contributed by atoms with Gasteiger partial charge < -0.3 is 24.1 Å². The van der Waals surface area contributed by atoms with E-state index in [-0.39, 0.29) is 41.7 Å². The molecule has 1 saturated carbocycles. The number of ether oxygens (including phenoxy) is 2. The highest BCUT2D eigenvalue weighted by Crippen LogP contribution is 2.42. The second-order valence-corrected chi connectivity index (χ2v) is 9.07. The molecule has 186 valence electrons. The molecule has 2 fully saturated rings. The van der Waals surface area contributed by atoms with E-state index in [9.17, 15) is 19.7 Å². The molecule has 11 heteroatoms. The summed E-state index contributed by atoms with van der Waals surface area (Å²) in [6.07, 6.45) is 6.49. The maximum absolute atomic E-state index is 13.6. The molecule has 1 saturated heterocycles. The van der Waals surface area contributed by atoms with E-state index in [0.29, 0.717) is 37.7 Å². The fourth-order valence-electron chi connectivity index (χ4n) is 5.09. The van der Waals surface area contributed by atoms with Crippen molar-refractivity contribution in [3.05, 3.63) is 52.0 Å². The molecule has 3 heterocycles. The van der Waals surface area contributed by atoms with Gasteiger partial charge in [0.15, 0.2) is 17.3 Å². The lowest BCUT2D eigenvalue weighted by atomic mass is 9.94. The number of furan rings is 1. The lowest BCUT2D eigenvalue weighted by Crippen LogP contribution is -2.53. The Balaban J connectivity index is 1.42. The molecule has 35 heavy (non-hydrogen) atoms. The van der Waals surface area contributed by atoms with Gasteiger partial charge in [0.25, 0.3) is 11.6 Å². The van der Waals surface area contributed by atoms with Gasteiger partial charge in [0, 0.05) is 32.2 Å². The van der Waals surface area contributed by atoms with Gasteiger partial charge in [0.2, 0.25) is 12.7 Å². The Bertz CT molecular complexity index is 1090. The van der Waals surface area contributed by atoms with Gasteiger partial charge in [-0.2, -0.15) is 0 Å². The number of carbonyl (C=O) groups excluding carboxylic acids is 2. The average molecular weight is 485 g/mol. The Hall–Kier alpha value is -3.60. The van der Waals surface area contributed by atoms with E-state index in [1.165, 1.54) is 12.3 Å². The molecule has 0 radical (unpaired) electrons. The number of nitrogens with one attached hydrogen (secondary N) is 1. The Kier molecular flexibility index (Phi) is 6.58. The number of fused-ring (bicyclic) bond motifs is 1. The summed E-state index contributed by atoms with van der Waals surface area (Å²) in [6.45, 7) is 1.46. The molecule has 2 aromatic rings. The first-order valence-corrected chi connectivity index (χ1v) is 12.0. The van der Waals surface area contributed by atoms with Crippen molar-refractivity contribution in [3.63, 3.8) is 0 Å². The maximum Gasteiger partial charge on any atom is 0.289 e. The molecule has 1 aromatic carbocycles. The van der Waals surface area contributed by atoms with Gasteiger partial charge in [0.1, 0.15) is 6.04 Å². The number of benzene rings is 1. The normalized spacial score (nSPS) is 19.4. The van der Waals surface area contributed by atoms with E-state index in [4.69, 9.17) is 13.9 Å². The smallest absolute Gasteiger partial charge is 0.289 e. The van der Waals surface area contributed by atoms with Gasteiger partial charge in [-0.25, -0.2) is 0 Å². The summed E-state index contributed by atoms with van der Waals surface area (Å²) in [5, 5.41) is 15.1. The fraction of sp³-hybridized carbons (Fsp3) is 0.500. The van der Waals surface area contributed by atoms with Crippen molar-refractivity contribution in [1.29, 1.82) is 0 Å². The molecule has 1 aliphatic carbocycles. The number of hydrogen-bond acceptors (Lipinski definition) is 8. The van der Waals surface area contributed by atoms with E-state index < -0.39 is 11.0 Å². The number of nitro groups is 1. The number of rotatable bonds is 6. The minimum absolute atomic E-state index is 0.0254. The first-order valence-electron chi connectivity index (χ1n) is 12.0. The summed E-state index contributed by atoms with van der Waals surface area (Å²) in [4.78, 5) is 41.4. The Morgan fingerprint density at radius 3 is 2.43 bits per heavy atom. The molecule has 0 bridgehead atoms. The molecule has 1 aromatic heterocycles. The molecule has 0 spiro atoms. The Morgan fingerprint density at radius 2 is 1.77 bits per heavy atom. The number of hydrogen-bond donors (Lipinski definition) is 1. The van der Waals surface area contributed by atoms with Crippen molar-refractivity contribution in [1.82, 2.24) is 15.1 Å². The van der Waals surface area contributed by atoms with Crippen LogP contribution in [0.4, 0.5) is 5.69 Å². The summed E-state index contributed by atoms with van der Waals surface area (Å²) in [5.41, 5.74) is 0.0745. The van der Waals surface area contributed by atoms with Crippen LogP contribution in [0.1, 0.15) is 54.3 Å². The van der Waals surface area contributed by atoms with Gasteiger partial charge in [-0.3, -0.25) is 24.6 Å². The van der Waals surface area contributed by atoms with Gasteiger partial charge in [-0.05, 0) is 31.0 Å². The fourth-order valence-corrected chi connectivity index (χ4v) is 5.09. The number of carbonyl (C=O) groups is 2. The summed E-state index contributed by atoms with van der Waals surface area (Å²) in [7, 11) is 0. The first kappa shape index (κ1) is 23.2. The zero-order valence-corrected chi connectivity index (χ0v) is 19.3. The predicted molar refractivity (Wildman–Crippen MR) is 123 cm³/mol. The molecular weight excluding hydrogens is 456 g/mol. The quantitative estimate of drug-likeness (QED) is 0.490. The molecular formula is C24H28N4O7. The van der Waals surface area contributed by atoms with Crippen molar-refractivity contribution in [2.45, 2.75) is 44.2 Å². The molecule has 1 atom stereocenters. The van der Waals surface area contributed by atoms with E-state index >= 15 is 0 Å². The number of piperazine rings is 1. The van der Waals surface area contributed by atoms with Crippen LogP contribution in [0.15, 0.2) is 34.9 Å². The maximum atomic E-state index is 13.6. The van der Waals surface area contributed by atoms with Crippen LogP contribution in [-0.4, -0.2) is 65.6 Å². The van der Waals surface area contributed by atoms with Gasteiger partial charge in [-0.15, -0.1) is 0 Å². The molecule has 5 rings (SSSR count). The van der Waals surface area contributed by atoms with Crippen LogP contribution >= 0.6 is 0 Å². The van der Waals surface area contributed by atoms with Crippen LogP contribution in [-0.2, 0) is 4.79 Å². The molecule has 11 nitrogen and oxygen atoms in total. The van der Waals surface area contributed by atoms with E-state index in [0.717, 1.165) is 32.1 Å². The molecule has 3 aliphatic rings. The van der Waals surface area contributed by atoms with Crippen molar-refractivity contribution >= 4 is 17.5 Å². The van der Waals surface area contributed by atoms with Crippen LogP contribution in [0, 0.1) is 10.1 Å². The highest BCUT2D eigenvalue weighted by molar-refractivity contribution is 5.91. The van der Waals surface area contributed by atoms with Gasteiger partial charge in [0.05, 0.1) is 22.8 Å². The van der Waals surface area contributed by atoms with E-state index in [2.05, 4.69) is 5.32 Å². The lowest BCUT2D eigenvalue weighted by Gasteiger charge is -2.39. The van der Waals surface area contributed by atoms with Crippen LogP contribution in [0.25, 0.3) is 0 Å². The molecule has 0 unspecified atom stereocenters. The lowest BCUT2D eigenvalue weighted by molar-refractivity contribution is -0.386. The first-order chi connectivity index (χ1) is 17.0. The minimum Gasteiger partial charge on any atom is -0.459 e. The number of amides is 2. The average Bonchev–Trinajstić information content (AvgIpc) is 3.56. The van der Waals surface area contributed by atoms with Crippen LogP contribution in [0.3, 0.4) is 0 Å². The minimum atomic E-state index is -0.896. The van der Waals surface area contributed by atoms with Crippen LogP contribution in [0.5, 0.6) is 11.5 Å². The van der Waals surface area contributed by atoms with E-state index in [1.807, 2.05) is 4.90 Å². The molecule has 2 amide bonds. The topological polar surface area (TPSA) is 127 Å². The number of nitrogens with zero attached hydrogens (tertiary/aromatic N) is 3.